The predicted octanol–water partition coefficient (Wildman–Crippen LogP) is 5.72. The van der Waals surface area contributed by atoms with Gasteiger partial charge in [0.25, 0.3) is 0 Å². The molecule has 0 bridgehead atoms. The molecule has 4 nitrogen and oxygen atoms in total. The van der Waals surface area contributed by atoms with Gasteiger partial charge < -0.3 is 9.52 Å². The van der Waals surface area contributed by atoms with Crippen LogP contribution in [0.15, 0.2) is 52.9 Å². The van der Waals surface area contributed by atoms with Gasteiger partial charge >= 0.3 is 5.97 Å². The highest BCUT2D eigenvalue weighted by Crippen LogP contribution is 2.35. The first kappa shape index (κ1) is 17.5. The number of nitrogens with zero attached hydrogens (tertiary/aromatic N) is 1. The Morgan fingerprint density at radius 3 is 2.48 bits per heavy atom. The largest absolute Gasteiger partial charge is 0.481 e. The number of hydrogen-bond acceptors (Lipinski definition) is 3. The maximum Gasteiger partial charge on any atom is 0.303 e. The Balaban J connectivity index is 2.00. The molecule has 1 heterocycles. The summed E-state index contributed by atoms with van der Waals surface area (Å²) in [5.74, 6) is 0.260. The Morgan fingerprint density at radius 2 is 1.80 bits per heavy atom. The molecule has 0 fully saturated rings. The van der Waals surface area contributed by atoms with Crippen LogP contribution in [-0.2, 0) is 11.2 Å². The van der Waals surface area contributed by atoms with Crippen molar-refractivity contribution in [3.8, 4) is 22.6 Å². The number of oxazole rings is 1. The van der Waals surface area contributed by atoms with E-state index in [0.29, 0.717) is 40.2 Å². The van der Waals surface area contributed by atoms with E-state index in [0.717, 1.165) is 11.1 Å². The smallest absolute Gasteiger partial charge is 0.303 e. The SMILES string of the molecule is O=C(O)CCCc1nc(-c2ccccc2)c(-c2ccc(Cl)c(Cl)c2)o1. The lowest BCUT2D eigenvalue weighted by molar-refractivity contribution is -0.137. The Morgan fingerprint density at radius 1 is 1.04 bits per heavy atom. The van der Waals surface area contributed by atoms with E-state index in [4.69, 9.17) is 32.7 Å². The normalized spacial score (nSPS) is 10.8. The van der Waals surface area contributed by atoms with Crippen LogP contribution >= 0.6 is 23.2 Å². The van der Waals surface area contributed by atoms with E-state index >= 15 is 0 Å². The van der Waals surface area contributed by atoms with Crippen molar-refractivity contribution in [2.75, 3.05) is 0 Å². The Kier molecular flexibility index (Phi) is 5.41. The van der Waals surface area contributed by atoms with Crippen molar-refractivity contribution >= 4 is 29.2 Å². The fourth-order valence-corrected chi connectivity index (χ4v) is 2.78. The summed E-state index contributed by atoms with van der Waals surface area (Å²) < 4.78 is 5.93. The summed E-state index contributed by atoms with van der Waals surface area (Å²) in [6.07, 6.45) is 0.990. The van der Waals surface area contributed by atoms with Crippen molar-refractivity contribution in [1.29, 1.82) is 0 Å². The first-order chi connectivity index (χ1) is 12.0. The van der Waals surface area contributed by atoms with Crippen LogP contribution in [0.1, 0.15) is 18.7 Å². The standard InChI is InChI=1S/C19H15Cl2NO3/c20-14-10-9-13(11-15(14)21)19-18(12-5-2-1-3-6-12)22-16(25-19)7-4-8-17(23)24/h1-3,5-6,9-11H,4,7-8H2,(H,23,24). The van der Waals surface area contributed by atoms with Gasteiger partial charge in [-0.25, -0.2) is 4.98 Å². The number of halogens is 2. The van der Waals surface area contributed by atoms with Gasteiger partial charge in [0, 0.05) is 24.0 Å². The third-order valence-electron chi connectivity index (χ3n) is 3.68. The Bertz CT molecular complexity index is 891. The van der Waals surface area contributed by atoms with Crippen molar-refractivity contribution < 1.29 is 14.3 Å². The Hall–Kier alpha value is -2.30. The second-order valence-corrected chi connectivity index (χ2v) is 6.34. The molecule has 0 aliphatic rings. The van der Waals surface area contributed by atoms with E-state index in [2.05, 4.69) is 4.98 Å². The lowest BCUT2D eigenvalue weighted by Crippen LogP contribution is -1.95. The molecule has 0 aliphatic carbocycles. The fourth-order valence-electron chi connectivity index (χ4n) is 2.49. The number of carboxylic acid groups (broad SMARTS) is 1. The minimum atomic E-state index is -0.834. The third kappa shape index (κ3) is 4.21. The zero-order valence-electron chi connectivity index (χ0n) is 13.2. The van der Waals surface area contributed by atoms with Gasteiger partial charge in [-0.2, -0.15) is 0 Å². The minimum Gasteiger partial charge on any atom is -0.481 e. The summed E-state index contributed by atoms with van der Waals surface area (Å²) in [5, 5.41) is 9.68. The highest BCUT2D eigenvalue weighted by molar-refractivity contribution is 6.42. The van der Waals surface area contributed by atoms with Crippen LogP contribution in [0.2, 0.25) is 10.0 Å². The van der Waals surface area contributed by atoms with E-state index < -0.39 is 5.97 Å². The van der Waals surface area contributed by atoms with Crippen LogP contribution in [0, 0.1) is 0 Å². The lowest BCUT2D eigenvalue weighted by atomic mass is 10.1. The molecule has 0 radical (unpaired) electrons. The molecule has 6 heteroatoms. The topological polar surface area (TPSA) is 63.3 Å². The number of carbonyl (C=O) groups is 1. The molecule has 0 atom stereocenters. The molecule has 25 heavy (non-hydrogen) atoms. The highest BCUT2D eigenvalue weighted by Gasteiger charge is 2.17. The van der Waals surface area contributed by atoms with Crippen molar-refractivity contribution in [3.05, 3.63) is 64.5 Å². The summed E-state index contributed by atoms with van der Waals surface area (Å²) in [7, 11) is 0. The second-order valence-electron chi connectivity index (χ2n) is 5.53. The monoisotopic (exact) mass is 375 g/mol. The number of aliphatic carboxylic acids is 1. The summed E-state index contributed by atoms with van der Waals surface area (Å²) in [6, 6.07) is 14.9. The lowest BCUT2D eigenvalue weighted by Gasteiger charge is -2.03. The molecule has 0 saturated carbocycles. The van der Waals surface area contributed by atoms with Crippen LogP contribution < -0.4 is 0 Å². The van der Waals surface area contributed by atoms with Crippen molar-refractivity contribution in [3.63, 3.8) is 0 Å². The zero-order chi connectivity index (χ0) is 17.8. The average Bonchev–Trinajstić information content (AvgIpc) is 3.02. The number of hydrogen-bond donors (Lipinski definition) is 1. The van der Waals surface area contributed by atoms with Gasteiger partial charge in [0.15, 0.2) is 11.7 Å². The third-order valence-corrected chi connectivity index (χ3v) is 4.42. The summed E-state index contributed by atoms with van der Waals surface area (Å²) >= 11 is 12.1. The molecule has 128 valence electrons. The van der Waals surface area contributed by atoms with Gasteiger partial charge in [-0.1, -0.05) is 53.5 Å². The van der Waals surface area contributed by atoms with Gasteiger partial charge in [0.2, 0.25) is 0 Å². The first-order valence-corrected chi connectivity index (χ1v) is 8.52. The quantitative estimate of drug-likeness (QED) is 0.597. The first-order valence-electron chi connectivity index (χ1n) is 7.77. The maximum absolute atomic E-state index is 10.7. The number of aromatic nitrogens is 1. The maximum atomic E-state index is 10.7. The molecule has 1 aromatic heterocycles. The molecule has 2 aromatic carbocycles. The van der Waals surface area contributed by atoms with E-state index in [-0.39, 0.29) is 6.42 Å². The minimum absolute atomic E-state index is 0.0746. The van der Waals surface area contributed by atoms with Gasteiger partial charge in [-0.15, -0.1) is 0 Å². The molecular formula is C19H15Cl2NO3. The van der Waals surface area contributed by atoms with Crippen LogP contribution in [0.5, 0.6) is 0 Å². The van der Waals surface area contributed by atoms with Crippen LogP contribution in [0.4, 0.5) is 0 Å². The van der Waals surface area contributed by atoms with Gasteiger partial charge in [-0.05, 0) is 24.6 Å². The van der Waals surface area contributed by atoms with Crippen molar-refractivity contribution in [2.24, 2.45) is 0 Å². The van der Waals surface area contributed by atoms with E-state index in [9.17, 15) is 4.79 Å². The van der Waals surface area contributed by atoms with Crippen LogP contribution in [0.25, 0.3) is 22.6 Å². The summed E-state index contributed by atoms with van der Waals surface area (Å²) in [6.45, 7) is 0. The van der Waals surface area contributed by atoms with Gasteiger partial charge in [0.1, 0.15) is 5.69 Å². The van der Waals surface area contributed by atoms with Crippen molar-refractivity contribution in [1.82, 2.24) is 4.98 Å². The summed E-state index contributed by atoms with van der Waals surface area (Å²) in [4.78, 5) is 15.3. The molecule has 1 N–H and O–H groups in total. The van der Waals surface area contributed by atoms with Gasteiger partial charge in [-0.3, -0.25) is 4.79 Å². The van der Waals surface area contributed by atoms with Crippen LogP contribution in [-0.4, -0.2) is 16.1 Å². The number of carboxylic acids is 1. The number of aryl methyl sites for hydroxylation is 1. The average molecular weight is 376 g/mol. The fraction of sp³-hybridized carbons (Fsp3) is 0.158. The van der Waals surface area contributed by atoms with E-state index in [1.807, 2.05) is 36.4 Å². The molecule has 3 rings (SSSR count). The molecule has 0 saturated heterocycles. The zero-order valence-corrected chi connectivity index (χ0v) is 14.7. The van der Waals surface area contributed by atoms with Crippen molar-refractivity contribution in [2.45, 2.75) is 19.3 Å². The number of rotatable bonds is 6. The highest BCUT2D eigenvalue weighted by atomic mass is 35.5. The molecule has 0 amide bonds. The van der Waals surface area contributed by atoms with Crippen LogP contribution in [0.3, 0.4) is 0 Å². The molecule has 0 spiro atoms. The predicted molar refractivity (Wildman–Crippen MR) is 98.0 cm³/mol. The molecule has 3 aromatic rings. The molecule has 0 aliphatic heterocycles. The number of benzene rings is 2. The molecular weight excluding hydrogens is 361 g/mol. The second kappa shape index (κ2) is 7.72. The molecule has 0 unspecified atom stereocenters. The van der Waals surface area contributed by atoms with E-state index in [1.165, 1.54) is 0 Å². The van der Waals surface area contributed by atoms with E-state index in [1.54, 1.807) is 12.1 Å². The van der Waals surface area contributed by atoms with Gasteiger partial charge in [0.05, 0.1) is 10.0 Å². The Labute approximate surface area is 155 Å². The summed E-state index contributed by atoms with van der Waals surface area (Å²) in [5.41, 5.74) is 2.38.